The minimum atomic E-state index is -1.17. The fourth-order valence-corrected chi connectivity index (χ4v) is 3.44. The van der Waals surface area contributed by atoms with E-state index in [4.69, 9.17) is 14.3 Å². The Balaban J connectivity index is 1.66. The van der Waals surface area contributed by atoms with Crippen molar-refractivity contribution in [3.05, 3.63) is 54.4 Å². The van der Waals surface area contributed by atoms with Crippen molar-refractivity contribution >= 4 is 11.9 Å². The first-order valence-corrected chi connectivity index (χ1v) is 9.05. The summed E-state index contributed by atoms with van der Waals surface area (Å²) in [4.78, 5) is 19.2. The van der Waals surface area contributed by atoms with Gasteiger partial charge in [-0.1, -0.05) is 25.7 Å². The third-order valence-corrected chi connectivity index (χ3v) is 5.06. The summed E-state index contributed by atoms with van der Waals surface area (Å²) in [6, 6.07) is 0. The standard InChI is InChI=1S/C20H23FN2O4/c1-12-6-3-4-9-22-18(12)27-17-8-5-7-14(10-15(17)21)13(2)19-23-16(11-26-19)20(24)25/h3-4,6,9,11,13-15,17H,1,5,7-8,10H2,2H3,(H,24,25)/t13?,14?,15-,17+/m0/s1. The lowest BCUT2D eigenvalue weighted by Gasteiger charge is -2.24. The van der Waals surface area contributed by atoms with Crippen LogP contribution in [0.3, 0.4) is 0 Å². The molecule has 0 bridgehead atoms. The van der Waals surface area contributed by atoms with Crippen LogP contribution in [0, 0.1) is 5.92 Å². The highest BCUT2D eigenvalue weighted by Gasteiger charge is 2.34. The molecule has 2 unspecified atom stereocenters. The SMILES string of the molecule is C=C1C=CC=CN=C1O[C@@H]1CCCC(C(C)c2nc(C(=O)O)co2)C[C@@H]1F. The zero-order chi connectivity index (χ0) is 19.4. The average Bonchev–Trinajstić information content (AvgIpc) is 2.96. The van der Waals surface area contributed by atoms with Crippen LogP contribution in [0.5, 0.6) is 0 Å². The Kier molecular flexibility index (Phi) is 5.88. The Hall–Kier alpha value is -2.70. The highest BCUT2D eigenvalue weighted by atomic mass is 19.1. The highest BCUT2D eigenvalue weighted by molar-refractivity contribution is 5.96. The van der Waals surface area contributed by atoms with Gasteiger partial charge in [-0.2, -0.15) is 0 Å². The maximum Gasteiger partial charge on any atom is 0.357 e. The van der Waals surface area contributed by atoms with E-state index in [1.54, 1.807) is 18.4 Å². The number of carbonyl (C=O) groups is 1. The minimum absolute atomic E-state index is 0.00652. The molecule has 0 saturated heterocycles. The molecular weight excluding hydrogens is 351 g/mol. The third kappa shape index (κ3) is 4.53. The molecule has 0 radical (unpaired) electrons. The van der Waals surface area contributed by atoms with E-state index in [2.05, 4.69) is 16.6 Å². The van der Waals surface area contributed by atoms with Gasteiger partial charge >= 0.3 is 5.97 Å². The van der Waals surface area contributed by atoms with E-state index in [1.165, 1.54) is 0 Å². The fourth-order valence-electron chi connectivity index (χ4n) is 3.44. The molecule has 7 heteroatoms. The van der Waals surface area contributed by atoms with Crippen molar-refractivity contribution in [1.29, 1.82) is 0 Å². The van der Waals surface area contributed by atoms with Crippen molar-refractivity contribution in [1.82, 2.24) is 4.98 Å². The summed E-state index contributed by atoms with van der Waals surface area (Å²) in [7, 11) is 0. The summed E-state index contributed by atoms with van der Waals surface area (Å²) in [5.74, 6) is -0.639. The van der Waals surface area contributed by atoms with E-state index < -0.39 is 18.2 Å². The number of alkyl halides is 1. The number of aliphatic imine (C=N–C) groups is 1. The normalized spacial score (nSPS) is 26.8. The highest BCUT2D eigenvalue weighted by Crippen LogP contribution is 2.37. The van der Waals surface area contributed by atoms with Gasteiger partial charge in [0.2, 0.25) is 5.90 Å². The molecule has 2 heterocycles. The van der Waals surface area contributed by atoms with Gasteiger partial charge in [0.05, 0.1) is 0 Å². The van der Waals surface area contributed by atoms with E-state index in [0.29, 0.717) is 30.2 Å². The van der Waals surface area contributed by atoms with Crippen molar-refractivity contribution in [2.45, 2.75) is 50.8 Å². The van der Waals surface area contributed by atoms with Crippen LogP contribution in [0.4, 0.5) is 4.39 Å². The van der Waals surface area contributed by atoms with Crippen molar-refractivity contribution in [2.75, 3.05) is 0 Å². The molecule has 1 aromatic rings. The molecule has 3 rings (SSSR count). The molecule has 4 atom stereocenters. The minimum Gasteiger partial charge on any atom is -0.476 e. The van der Waals surface area contributed by atoms with Gasteiger partial charge in [0.15, 0.2) is 11.6 Å². The van der Waals surface area contributed by atoms with Crippen LogP contribution in [0.25, 0.3) is 0 Å². The van der Waals surface area contributed by atoms with E-state index >= 15 is 0 Å². The van der Waals surface area contributed by atoms with Crippen LogP contribution in [-0.4, -0.2) is 34.2 Å². The Bertz CT molecular complexity index is 796. The molecule has 1 N–H and O–H groups in total. The summed E-state index contributed by atoms with van der Waals surface area (Å²) in [5, 5.41) is 8.98. The lowest BCUT2D eigenvalue weighted by Crippen LogP contribution is -2.29. The zero-order valence-corrected chi connectivity index (χ0v) is 15.2. The largest absolute Gasteiger partial charge is 0.476 e. The number of hydrogen-bond acceptors (Lipinski definition) is 5. The van der Waals surface area contributed by atoms with Gasteiger partial charge in [0, 0.05) is 17.7 Å². The molecule has 1 aliphatic heterocycles. The number of hydrogen-bond donors (Lipinski definition) is 1. The summed E-state index contributed by atoms with van der Waals surface area (Å²) in [6.45, 7) is 5.79. The smallest absolute Gasteiger partial charge is 0.357 e. The Labute approximate surface area is 157 Å². The van der Waals surface area contributed by atoms with Gasteiger partial charge in [-0.25, -0.2) is 19.2 Å². The Morgan fingerprint density at radius 1 is 1.44 bits per heavy atom. The fraction of sp³-hybridized carbons (Fsp3) is 0.450. The van der Waals surface area contributed by atoms with Crippen molar-refractivity contribution < 1.29 is 23.4 Å². The first kappa shape index (κ1) is 19.1. The molecule has 0 amide bonds. The quantitative estimate of drug-likeness (QED) is 0.788. The molecule has 1 aromatic heterocycles. The van der Waals surface area contributed by atoms with E-state index in [-0.39, 0.29) is 17.5 Å². The maximum atomic E-state index is 15.0. The zero-order valence-electron chi connectivity index (χ0n) is 15.2. The maximum absolute atomic E-state index is 15.0. The van der Waals surface area contributed by atoms with Gasteiger partial charge in [-0.3, -0.25) is 0 Å². The number of allylic oxidation sites excluding steroid dienone is 2. The molecule has 1 saturated carbocycles. The topological polar surface area (TPSA) is 84.9 Å². The van der Waals surface area contributed by atoms with Crippen LogP contribution < -0.4 is 0 Å². The molecule has 0 spiro atoms. The number of ether oxygens (including phenoxy) is 1. The summed E-state index contributed by atoms with van der Waals surface area (Å²) in [6.07, 6.45) is 8.78. The summed E-state index contributed by atoms with van der Waals surface area (Å²) >= 11 is 0. The molecule has 2 aliphatic rings. The van der Waals surface area contributed by atoms with Crippen molar-refractivity contribution in [3.8, 4) is 0 Å². The van der Waals surface area contributed by atoms with Crippen LogP contribution in [0.1, 0.15) is 54.9 Å². The number of aromatic carboxylic acids is 1. The van der Waals surface area contributed by atoms with Crippen LogP contribution in [0.15, 0.2) is 52.3 Å². The molecule has 1 aliphatic carbocycles. The molecule has 1 fully saturated rings. The predicted octanol–water partition coefficient (Wildman–Crippen LogP) is 4.43. The van der Waals surface area contributed by atoms with Crippen LogP contribution in [0.2, 0.25) is 0 Å². The molecule has 144 valence electrons. The summed E-state index contributed by atoms with van der Waals surface area (Å²) < 4.78 is 26.1. The number of rotatable bonds is 4. The summed E-state index contributed by atoms with van der Waals surface area (Å²) in [5.41, 5.74) is 0.483. The second-order valence-corrected chi connectivity index (χ2v) is 6.92. The van der Waals surface area contributed by atoms with E-state index in [0.717, 1.165) is 19.1 Å². The number of halogens is 1. The van der Waals surface area contributed by atoms with Crippen molar-refractivity contribution in [3.63, 3.8) is 0 Å². The molecular formula is C20H23FN2O4. The molecule has 6 nitrogen and oxygen atoms in total. The lowest BCUT2D eigenvalue weighted by atomic mass is 9.87. The number of carboxylic acid groups (broad SMARTS) is 1. The van der Waals surface area contributed by atoms with E-state index in [9.17, 15) is 9.18 Å². The van der Waals surface area contributed by atoms with Crippen molar-refractivity contribution in [2.24, 2.45) is 10.9 Å². The first-order valence-electron chi connectivity index (χ1n) is 9.05. The first-order chi connectivity index (χ1) is 13.0. The third-order valence-electron chi connectivity index (χ3n) is 5.06. The Morgan fingerprint density at radius 2 is 2.26 bits per heavy atom. The number of oxazole rings is 1. The number of carboxylic acids is 1. The monoisotopic (exact) mass is 374 g/mol. The average molecular weight is 374 g/mol. The second kappa shape index (κ2) is 8.33. The molecule has 27 heavy (non-hydrogen) atoms. The number of nitrogens with zero attached hydrogens (tertiary/aromatic N) is 2. The second-order valence-electron chi connectivity index (χ2n) is 6.92. The van der Waals surface area contributed by atoms with Gasteiger partial charge < -0.3 is 14.3 Å². The van der Waals surface area contributed by atoms with Crippen LogP contribution in [-0.2, 0) is 4.74 Å². The Morgan fingerprint density at radius 3 is 3.00 bits per heavy atom. The van der Waals surface area contributed by atoms with E-state index in [1.807, 2.05) is 13.0 Å². The van der Waals surface area contributed by atoms with Gasteiger partial charge in [0.25, 0.3) is 0 Å². The van der Waals surface area contributed by atoms with Crippen LogP contribution >= 0.6 is 0 Å². The van der Waals surface area contributed by atoms with Gasteiger partial charge in [-0.05, 0) is 37.7 Å². The molecule has 0 aromatic carbocycles. The lowest BCUT2D eigenvalue weighted by molar-refractivity contribution is 0.0690. The van der Waals surface area contributed by atoms with Gasteiger partial charge in [-0.15, -0.1) is 0 Å². The number of aromatic nitrogens is 1. The van der Waals surface area contributed by atoms with Gasteiger partial charge in [0.1, 0.15) is 18.5 Å². The predicted molar refractivity (Wildman–Crippen MR) is 98.5 cm³/mol.